The lowest BCUT2D eigenvalue weighted by Crippen LogP contribution is -2.41. The minimum Gasteiger partial charge on any atom is -0.439 e. The summed E-state index contributed by atoms with van der Waals surface area (Å²) in [5, 5.41) is 7.45. The quantitative estimate of drug-likeness (QED) is 0.737. The number of nitrogens with zero attached hydrogens (tertiary/aromatic N) is 1. The van der Waals surface area contributed by atoms with Crippen molar-refractivity contribution in [1.29, 1.82) is 0 Å². The summed E-state index contributed by atoms with van der Waals surface area (Å²) in [5.74, 6) is -0.451. The summed E-state index contributed by atoms with van der Waals surface area (Å²) in [6.45, 7) is 5.08. The predicted molar refractivity (Wildman–Crippen MR) is 94.8 cm³/mol. The van der Waals surface area contributed by atoms with Crippen LogP contribution in [0.1, 0.15) is 20.8 Å². The lowest BCUT2D eigenvalue weighted by molar-refractivity contribution is -0.119. The number of carbonyl (C=O) groups is 2. The van der Waals surface area contributed by atoms with Crippen LogP contribution in [0.25, 0.3) is 11.3 Å². The van der Waals surface area contributed by atoms with Crippen molar-refractivity contribution in [2.75, 3.05) is 17.7 Å². The molecule has 0 bridgehead atoms. The lowest BCUT2D eigenvalue weighted by atomic mass is 10.1. The zero-order valence-corrected chi connectivity index (χ0v) is 14.6. The average molecular weight is 348 g/mol. The number of benzene rings is 1. The SMILES string of the molecule is CC(C)(C)NC(=O)OCC(=O)Nc1nc(-c2cccc(N)c2)cs1. The molecular weight excluding hydrogens is 328 g/mol. The monoisotopic (exact) mass is 348 g/mol. The highest BCUT2D eigenvalue weighted by Gasteiger charge is 2.16. The summed E-state index contributed by atoms with van der Waals surface area (Å²) in [5.41, 5.74) is 7.55. The van der Waals surface area contributed by atoms with Gasteiger partial charge in [-0.05, 0) is 32.9 Å². The summed E-state index contributed by atoms with van der Waals surface area (Å²) in [4.78, 5) is 27.6. The number of alkyl carbamates (subject to hydrolysis) is 1. The van der Waals surface area contributed by atoms with Crippen LogP contribution in [0.2, 0.25) is 0 Å². The Labute approximate surface area is 144 Å². The molecule has 0 radical (unpaired) electrons. The van der Waals surface area contributed by atoms with Crippen LogP contribution in [-0.4, -0.2) is 29.1 Å². The van der Waals surface area contributed by atoms with Crippen LogP contribution >= 0.6 is 11.3 Å². The molecule has 0 saturated heterocycles. The highest BCUT2D eigenvalue weighted by Crippen LogP contribution is 2.25. The Hall–Kier alpha value is -2.61. The smallest absolute Gasteiger partial charge is 0.408 e. The van der Waals surface area contributed by atoms with Crippen molar-refractivity contribution >= 4 is 34.2 Å². The van der Waals surface area contributed by atoms with Gasteiger partial charge in [0, 0.05) is 22.2 Å². The molecule has 2 amide bonds. The first-order chi connectivity index (χ1) is 11.2. The van der Waals surface area contributed by atoms with Crippen LogP contribution in [0, 0.1) is 0 Å². The molecule has 0 fully saturated rings. The van der Waals surface area contributed by atoms with E-state index in [1.807, 2.05) is 38.3 Å². The molecule has 8 heteroatoms. The van der Waals surface area contributed by atoms with Gasteiger partial charge in [0.15, 0.2) is 11.7 Å². The molecule has 128 valence electrons. The van der Waals surface area contributed by atoms with Gasteiger partial charge in [-0.2, -0.15) is 0 Å². The van der Waals surface area contributed by atoms with Gasteiger partial charge in [0.2, 0.25) is 0 Å². The Kier molecular flexibility index (Phi) is 5.40. The van der Waals surface area contributed by atoms with Crippen LogP contribution in [0.4, 0.5) is 15.6 Å². The molecular formula is C16H20N4O3S. The van der Waals surface area contributed by atoms with E-state index in [0.29, 0.717) is 16.5 Å². The first-order valence-corrected chi connectivity index (χ1v) is 8.17. The Balaban J connectivity index is 1.88. The average Bonchev–Trinajstić information content (AvgIpc) is 2.92. The van der Waals surface area contributed by atoms with Crippen LogP contribution in [0.5, 0.6) is 0 Å². The van der Waals surface area contributed by atoms with E-state index in [4.69, 9.17) is 10.5 Å². The van der Waals surface area contributed by atoms with Crippen molar-refractivity contribution in [2.24, 2.45) is 0 Å². The van der Waals surface area contributed by atoms with E-state index in [1.165, 1.54) is 11.3 Å². The molecule has 0 atom stereocenters. The van der Waals surface area contributed by atoms with Gasteiger partial charge >= 0.3 is 6.09 Å². The van der Waals surface area contributed by atoms with E-state index in [2.05, 4.69) is 15.6 Å². The second-order valence-electron chi connectivity index (χ2n) is 6.16. The molecule has 24 heavy (non-hydrogen) atoms. The normalized spacial score (nSPS) is 11.0. The molecule has 1 heterocycles. The summed E-state index contributed by atoms with van der Waals surface area (Å²) >= 11 is 1.28. The molecule has 0 unspecified atom stereocenters. The number of rotatable bonds is 4. The number of aromatic nitrogens is 1. The second-order valence-corrected chi connectivity index (χ2v) is 7.02. The van der Waals surface area contributed by atoms with E-state index in [9.17, 15) is 9.59 Å². The topological polar surface area (TPSA) is 106 Å². The number of nitrogens with one attached hydrogen (secondary N) is 2. The zero-order chi connectivity index (χ0) is 17.7. The van der Waals surface area contributed by atoms with Crippen molar-refractivity contribution in [3.8, 4) is 11.3 Å². The van der Waals surface area contributed by atoms with E-state index in [-0.39, 0.29) is 6.61 Å². The van der Waals surface area contributed by atoms with Gasteiger partial charge in [-0.15, -0.1) is 11.3 Å². The zero-order valence-electron chi connectivity index (χ0n) is 13.8. The lowest BCUT2D eigenvalue weighted by Gasteiger charge is -2.19. The number of ether oxygens (including phenoxy) is 1. The van der Waals surface area contributed by atoms with Crippen molar-refractivity contribution in [3.63, 3.8) is 0 Å². The summed E-state index contributed by atoms with van der Waals surface area (Å²) in [6.07, 6.45) is -0.641. The third-order valence-corrected chi connectivity index (χ3v) is 3.50. The second kappa shape index (κ2) is 7.31. The molecule has 1 aromatic heterocycles. The number of amides is 2. The fourth-order valence-electron chi connectivity index (χ4n) is 1.79. The van der Waals surface area contributed by atoms with E-state index in [0.717, 1.165) is 5.56 Å². The Morgan fingerprint density at radius 3 is 2.75 bits per heavy atom. The van der Waals surface area contributed by atoms with Crippen LogP contribution in [-0.2, 0) is 9.53 Å². The van der Waals surface area contributed by atoms with E-state index in [1.54, 1.807) is 12.1 Å². The maximum Gasteiger partial charge on any atom is 0.408 e. The van der Waals surface area contributed by atoms with Crippen LogP contribution < -0.4 is 16.4 Å². The molecule has 0 saturated carbocycles. The summed E-state index contributed by atoms with van der Waals surface area (Å²) in [7, 11) is 0. The van der Waals surface area contributed by atoms with Gasteiger partial charge in [-0.25, -0.2) is 9.78 Å². The fourth-order valence-corrected chi connectivity index (χ4v) is 2.53. The molecule has 0 spiro atoms. The number of anilines is 2. The largest absolute Gasteiger partial charge is 0.439 e. The Morgan fingerprint density at radius 2 is 2.08 bits per heavy atom. The molecule has 2 aromatic rings. The number of nitrogens with two attached hydrogens (primary N) is 1. The highest BCUT2D eigenvalue weighted by atomic mass is 32.1. The van der Waals surface area contributed by atoms with E-state index >= 15 is 0 Å². The molecule has 7 nitrogen and oxygen atoms in total. The van der Waals surface area contributed by atoms with Gasteiger partial charge in [-0.3, -0.25) is 10.1 Å². The Morgan fingerprint density at radius 1 is 1.33 bits per heavy atom. The first kappa shape index (κ1) is 17.7. The van der Waals surface area contributed by atoms with Crippen molar-refractivity contribution in [3.05, 3.63) is 29.6 Å². The van der Waals surface area contributed by atoms with Crippen LogP contribution in [0.15, 0.2) is 29.6 Å². The standard InChI is InChI=1S/C16H20N4O3S/c1-16(2,3)20-15(22)23-8-13(21)19-14-18-12(9-24-14)10-5-4-6-11(17)7-10/h4-7,9H,8,17H2,1-3H3,(H,20,22)(H,18,19,21). The molecule has 0 aliphatic carbocycles. The first-order valence-electron chi connectivity index (χ1n) is 7.29. The number of hydrogen-bond acceptors (Lipinski definition) is 6. The summed E-state index contributed by atoms with van der Waals surface area (Å²) in [6, 6.07) is 7.32. The molecule has 0 aliphatic rings. The number of hydrogen-bond donors (Lipinski definition) is 3. The predicted octanol–water partition coefficient (Wildman–Crippen LogP) is 2.86. The maximum atomic E-state index is 11.8. The van der Waals surface area contributed by atoms with Gasteiger partial charge in [-0.1, -0.05) is 12.1 Å². The third-order valence-electron chi connectivity index (χ3n) is 2.74. The highest BCUT2D eigenvalue weighted by molar-refractivity contribution is 7.14. The minimum absolute atomic E-state index is 0.380. The number of carbonyl (C=O) groups excluding carboxylic acids is 2. The van der Waals surface area contributed by atoms with Gasteiger partial charge in [0.05, 0.1) is 5.69 Å². The van der Waals surface area contributed by atoms with E-state index < -0.39 is 17.5 Å². The summed E-state index contributed by atoms with van der Waals surface area (Å²) < 4.78 is 4.86. The third kappa shape index (κ3) is 5.54. The van der Waals surface area contributed by atoms with Gasteiger partial charge in [0.25, 0.3) is 5.91 Å². The van der Waals surface area contributed by atoms with Crippen molar-refractivity contribution in [2.45, 2.75) is 26.3 Å². The molecule has 1 aromatic carbocycles. The van der Waals surface area contributed by atoms with Crippen LogP contribution in [0.3, 0.4) is 0 Å². The molecule has 2 rings (SSSR count). The van der Waals surface area contributed by atoms with Gasteiger partial charge in [0.1, 0.15) is 0 Å². The number of nitrogen functional groups attached to an aromatic ring is 1. The minimum atomic E-state index is -0.641. The maximum absolute atomic E-state index is 11.8. The number of thiazole rings is 1. The van der Waals surface area contributed by atoms with Crippen molar-refractivity contribution in [1.82, 2.24) is 10.3 Å². The van der Waals surface area contributed by atoms with Gasteiger partial charge < -0.3 is 15.8 Å². The fraction of sp³-hybridized carbons (Fsp3) is 0.312. The van der Waals surface area contributed by atoms with Crippen molar-refractivity contribution < 1.29 is 14.3 Å². The molecule has 0 aliphatic heterocycles. The Bertz CT molecular complexity index is 737. The molecule has 4 N–H and O–H groups in total.